The number of rotatable bonds is 7. The summed E-state index contributed by atoms with van der Waals surface area (Å²) in [4.78, 5) is 13.9. The number of hydrogen-bond acceptors (Lipinski definition) is 3. The SMILES string of the molecule is CN(CC(=O)Nc1ccccc1OC(F)F)Cc1cccc(Cl)c1Cl. The second-order valence-corrected chi connectivity index (χ2v) is 6.09. The van der Waals surface area contributed by atoms with Gasteiger partial charge in [-0.1, -0.05) is 47.5 Å². The second-order valence-electron chi connectivity index (χ2n) is 5.31. The molecular weight excluding hydrogens is 373 g/mol. The molecule has 1 amide bonds. The standard InChI is InChI=1S/C17H16Cl2F2N2O2/c1-23(9-11-5-4-6-12(18)16(11)19)10-15(24)22-13-7-2-3-8-14(13)25-17(20)21/h2-8,17H,9-10H2,1H3,(H,22,24). The van der Waals surface area contributed by atoms with E-state index in [0.29, 0.717) is 16.6 Å². The van der Waals surface area contributed by atoms with Gasteiger partial charge in [-0.05, 0) is 30.8 Å². The van der Waals surface area contributed by atoms with Crippen molar-refractivity contribution in [3.63, 3.8) is 0 Å². The van der Waals surface area contributed by atoms with Gasteiger partial charge in [0.15, 0.2) is 0 Å². The molecule has 4 nitrogen and oxygen atoms in total. The molecule has 0 saturated heterocycles. The predicted molar refractivity (Wildman–Crippen MR) is 94.5 cm³/mol. The fourth-order valence-corrected chi connectivity index (χ4v) is 2.60. The van der Waals surface area contributed by atoms with E-state index in [4.69, 9.17) is 23.2 Å². The summed E-state index contributed by atoms with van der Waals surface area (Å²) in [6.45, 7) is -2.53. The van der Waals surface area contributed by atoms with Crippen molar-refractivity contribution in [1.82, 2.24) is 4.90 Å². The van der Waals surface area contributed by atoms with E-state index in [2.05, 4.69) is 10.1 Å². The highest BCUT2D eigenvalue weighted by Gasteiger charge is 2.14. The molecule has 0 aliphatic carbocycles. The molecule has 8 heteroatoms. The van der Waals surface area contributed by atoms with Gasteiger partial charge in [0.25, 0.3) is 0 Å². The molecule has 0 aromatic heterocycles. The highest BCUT2D eigenvalue weighted by molar-refractivity contribution is 6.42. The van der Waals surface area contributed by atoms with E-state index in [1.165, 1.54) is 12.1 Å². The lowest BCUT2D eigenvalue weighted by molar-refractivity contribution is -0.117. The van der Waals surface area contributed by atoms with Crippen molar-refractivity contribution in [2.75, 3.05) is 18.9 Å². The number of ether oxygens (including phenoxy) is 1. The average molecular weight is 389 g/mol. The molecule has 0 bridgehead atoms. The quantitative estimate of drug-likeness (QED) is 0.749. The van der Waals surface area contributed by atoms with Crippen molar-refractivity contribution >= 4 is 34.8 Å². The van der Waals surface area contributed by atoms with Crippen LogP contribution in [0.25, 0.3) is 0 Å². The number of anilines is 1. The van der Waals surface area contributed by atoms with Crippen LogP contribution in [0, 0.1) is 0 Å². The molecule has 0 aliphatic heterocycles. The van der Waals surface area contributed by atoms with E-state index in [9.17, 15) is 13.6 Å². The molecule has 1 N–H and O–H groups in total. The predicted octanol–water partition coefficient (Wildman–Crippen LogP) is 4.67. The summed E-state index contributed by atoms with van der Waals surface area (Å²) in [5, 5.41) is 3.44. The van der Waals surface area contributed by atoms with E-state index in [0.717, 1.165) is 5.56 Å². The van der Waals surface area contributed by atoms with Gasteiger partial charge in [0, 0.05) is 6.54 Å². The molecule has 2 aromatic carbocycles. The molecule has 0 spiro atoms. The number of carbonyl (C=O) groups is 1. The Kier molecular flexibility index (Phi) is 6.99. The monoisotopic (exact) mass is 388 g/mol. The molecule has 2 aromatic rings. The fraction of sp³-hybridized carbons (Fsp3) is 0.235. The van der Waals surface area contributed by atoms with Crippen LogP contribution in [0.5, 0.6) is 5.75 Å². The van der Waals surface area contributed by atoms with Crippen LogP contribution in [-0.4, -0.2) is 31.0 Å². The highest BCUT2D eigenvalue weighted by Crippen LogP contribution is 2.27. The molecule has 134 valence electrons. The third-order valence-electron chi connectivity index (χ3n) is 3.26. The first kappa shape index (κ1) is 19.4. The van der Waals surface area contributed by atoms with E-state index < -0.39 is 6.61 Å². The second kappa shape index (κ2) is 8.99. The molecule has 0 aliphatic rings. The lowest BCUT2D eigenvalue weighted by atomic mass is 10.2. The van der Waals surface area contributed by atoms with Crippen molar-refractivity contribution in [3.05, 3.63) is 58.1 Å². The molecule has 2 rings (SSSR count). The zero-order valence-corrected chi connectivity index (χ0v) is 14.8. The minimum absolute atomic E-state index is 0.0336. The van der Waals surface area contributed by atoms with Crippen molar-refractivity contribution in [1.29, 1.82) is 0 Å². The molecule has 0 atom stereocenters. The summed E-state index contributed by atoms with van der Waals surface area (Å²) < 4.78 is 29.2. The normalized spacial score (nSPS) is 11.0. The first-order valence-corrected chi connectivity index (χ1v) is 8.07. The number of nitrogens with zero attached hydrogens (tertiary/aromatic N) is 1. The minimum atomic E-state index is -2.97. The summed E-state index contributed by atoms with van der Waals surface area (Å²) in [7, 11) is 1.73. The van der Waals surface area contributed by atoms with Gasteiger partial charge >= 0.3 is 6.61 Å². The maximum absolute atomic E-state index is 12.4. The van der Waals surface area contributed by atoms with Crippen LogP contribution in [0.3, 0.4) is 0 Å². The number of benzene rings is 2. The summed E-state index contributed by atoms with van der Waals surface area (Å²) >= 11 is 12.1. The Balaban J connectivity index is 1.97. The van der Waals surface area contributed by atoms with Gasteiger partial charge in [-0.15, -0.1) is 0 Å². The lowest BCUT2D eigenvalue weighted by Gasteiger charge is -2.18. The van der Waals surface area contributed by atoms with Crippen LogP contribution < -0.4 is 10.1 Å². The topological polar surface area (TPSA) is 41.6 Å². The molecule has 0 fully saturated rings. The van der Waals surface area contributed by atoms with Gasteiger partial charge in [0.05, 0.1) is 22.3 Å². The smallest absolute Gasteiger partial charge is 0.387 e. The number of carbonyl (C=O) groups excluding carboxylic acids is 1. The Labute approximate surface area is 154 Å². The molecule has 25 heavy (non-hydrogen) atoms. The van der Waals surface area contributed by atoms with Crippen molar-refractivity contribution in [2.45, 2.75) is 13.2 Å². The largest absolute Gasteiger partial charge is 0.433 e. The maximum Gasteiger partial charge on any atom is 0.387 e. The van der Waals surface area contributed by atoms with Crippen LogP contribution >= 0.6 is 23.2 Å². The summed E-state index contributed by atoms with van der Waals surface area (Å²) in [5.74, 6) is -0.461. The van der Waals surface area contributed by atoms with Crippen molar-refractivity contribution in [3.8, 4) is 5.75 Å². The number of hydrogen-bond donors (Lipinski definition) is 1. The van der Waals surface area contributed by atoms with Crippen LogP contribution in [0.4, 0.5) is 14.5 Å². The third-order valence-corrected chi connectivity index (χ3v) is 4.12. The van der Waals surface area contributed by atoms with Crippen molar-refractivity contribution < 1.29 is 18.3 Å². The Morgan fingerprint density at radius 1 is 1.20 bits per heavy atom. The van der Waals surface area contributed by atoms with Crippen LogP contribution in [0.1, 0.15) is 5.56 Å². The number of para-hydroxylation sites is 2. The van der Waals surface area contributed by atoms with Crippen LogP contribution in [0.2, 0.25) is 10.0 Å². The number of amides is 1. The Bertz CT molecular complexity index is 744. The summed E-state index contributed by atoms with van der Waals surface area (Å²) in [6, 6.07) is 11.3. The molecular formula is C17H16Cl2F2N2O2. The number of halogens is 4. The first-order valence-electron chi connectivity index (χ1n) is 7.32. The number of alkyl halides is 2. The third kappa shape index (κ3) is 5.85. The lowest BCUT2D eigenvalue weighted by Crippen LogP contribution is -2.30. The van der Waals surface area contributed by atoms with Crippen molar-refractivity contribution in [2.24, 2.45) is 0 Å². The molecule has 0 radical (unpaired) electrons. The Morgan fingerprint density at radius 3 is 2.64 bits per heavy atom. The van der Waals surface area contributed by atoms with Gasteiger partial charge in [-0.3, -0.25) is 9.69 Å². The van der Waals surface area contributed by atoms with E-state index in [-0.39, 0.29) is 23.9 Å². The minimum Gasteiger partial charge on any atom is -0.433 e. The van der Waals surface area contributed by atoms with E-state index in [1.54, 1.807) is 36.2 Å². The summed E-state index contributed by atoms with van der Waals surface area (Å²) in [6.07, 6.45) is 0. The Hall–Kier alpha value is -1.89. The van der Waals surface area contributed by atoms with Gasteiger partial charge in [0.1, 0.15) is 5.75 Å². The zero-order valence-electron chi connectivity index (χ0n) is 13.3. The van der Waals surface area contributed by atoms with Gasteiger partial charge in [-0.2, -0.15) is 8.78 Å². The fourth-order valence-electron chi connectivity index (χ4n) is 2.22. The zero-order chi connectivity index (χ0) is 18.4. The van der Waals surface area contributed by atoms with E-state index >= 15 is 0 Å². The van der Waals surface area contributed by atoms with Crippen LogP contribution in [0.15, 0.2) is 42.5 Å². The van der Waals surface area contributed by atoms with Gasteiger partial charge in [-0.25, -0.2) is 0 Å². The number of likely N-dealkylation sites (N-methyl/N-ethyl adjacent to an activating group) is 1. The highest BCUT2D eigenvalue weighted by atomic mass is 35.5. The average Bonchev–Trinajstić information content (AvgIpc) is 2.53. The van der Waals surface area contributed by atoms with Crippen LogP contribution in [-0.2, 0) is 11.3 Å². The summed E-state index contributed by atoms with van der Waals surface area (Å²) in [5.41, 5.74) is 0.966. The van der Waals surface area contributed by atoms with Gasteiger partial charge in [0.2, 0.25) is 5.91 Å². The maximum atomic E-state index is 12.4. The molecule has 0 unspecified atom stereocenters. The van der Waals surface area contributed by atoms with Gasteiger partial charge < -0.3 is 10.1 Å². The molecule has 0 saturated carbocycles. The van der Waals surface area contributed by atoms with E-state index in [1.807, 2.05) is 6.07 Å². The number of nitrogens with one attached hydrogen (secondary N) is 1. The molecule has 0 heterocycles. The first-order chi connectivity index (χ1) is 11.9. The Morgan fingerprint density at radius 2 is 1.92 bits per heavy atom.